The summed E-state index contributed by atoms with van der Waals surface area (Å²) in [7, 11) is 0. The molecule has 0 atom stereocenters. The van der Waals surface area contributed by atoms with Crippen LogP contribution in [0.1, 0.15) is 19.4 Å². The first kappa shape index (κ1) is 22.0. The molecular weight excluding hydrogens is 513 g/mol. The fraction of sp³-hybridized carbons (Fsp3) is 0.111. The average molecular weight is 535 g/mol. The van der Waals surface area contributed by atoms with Crippen molar-refractivity contribution in [2.75, 3.05) is 4.90 Å². The first-order chi connectivity index (χ1) is 15.4. The second-order valence-electron chi connectivity index (χ2n) is 7.60. The van der Waals surface area contributed by atoms with E-state index >= 15 is 0 Å². The van der Waals surface area contributed by atoms with Crippen LogP contribution in [0.5, 0.6) is 0 Å². The molecule has 4 aromatic rings. The minimum absolute atomic E-state index is 0.315. The topological polar surface area (TPSA) is 50.5 Å². The highest BCUT2D eigenvalue weighted by molar-refractivity contribution is 14.1. The van der Waals surface area contributed by atoms with Crippen molar-refractivity contribution in [3.8, 4) is 33.8 Å². The molecule has 0 spiro atoms. The fourth-order valence-corrected chi connectivity index (χ4v) is 4.69. The molecule has 32 heavy (non-hydrogen) atoms. The van der Waals surface area contributed by atoms with E-state index in [0.29, 0.717) is 5.69 Å². The number of amides is 2. The quantitative estimate of drug-likeness (QED) is 0.262. The van der Waals surface area contributed by atoms with Gasteiger partial charge in [0, 0.05) is 30.5 Å². The van der Waals surface area contributed by atoms with Gasteiger partial charge in [0.05, 0.1) is 9.26 Å². The monoisotopic (exact) mass is 535 g/mol. The Morgan fingerprint density at radius 3 is 1.81 bits per heavy atom. The summed E-state index contributed by atoms with van der Waals surface area (Å²) in [6, 6.07) is 25.7. The first-order valence-corrected chi connectivity index (χ1v) is 11.3. The van der Waals surface area contributed by atoms with Gasteiger partial charge in [0.2, 0.25) is 11.8 Å². The molecule has 0 aliphatic heterocycles. The zero-order valence-electron chi connectivity index (χ0n) is 18.1. The van der Waals surface area contributed by atoms with E-state index in [9.17, 15) is 9.59 Å². The molecule has 4 nitrogen and oxygen atoms in total. The van der Waals surface area contributed by atoms with E-state index in [-0.39, 0.29) is 11.8 Å². The highest BCUT2D eigenvalue weighted by atomic mass is 127. The van der Waals surface area contributed by atoms with Crippen LogP contribution in [-0.4, -0.2) is 11.8 Å². The molecule has 1 heterocycles. The van der Waals surface area contributed by atoms with E-state index in [2.05, 4.69) is 65.9 Å². The van der Waals surface area contributed by atoms with Gasteiger partial charge in [-0.1, -0.05) is 60.2 Å². The van der Waals surface area contributed by atoms with Gasteiger partial charge in [0.25, 0.3) is 0 Å². The number of rotatable bonds is 4. The summed E-state index contributed by atoms with van der Waals surface area (Å²) in [5, 5.41) is 0. The molecule has 0 saturated heterocycles. The smallest absolute Gasteiger partial charge is 0.230 e. The van der Waals surface area contributed by atoms with Crippen LogP contribution < -0.4 is 4.90 Å². The Labute approximate surface area is 201 Å². The van der Waals surface area contributed by atoms with Crippen LogP contribution >= 0.6 is 22.6 Å². The maximum Gasteiger partial charge on any atom is 0.230 e. The third-order valence-electron chi connectivity index (χ3n) is 5.24. The highest BCUT2D eigenvalue weighted by Crippen LogP contribution is 2.44. The molecule has 0 aliphatic carbocycles. The first-order valence-electron chi connectivity index (χ1n) is 10.2. The number of furan rings is 1. The Morgan fingerprint density at radius 1 is 0.719 bits per heavy atom. The Balaban J connectivity index is 1.86. The number of carbonyl (C=O) groups is 2. The minimum atomic E-state index is -0.315. The molecule has 0 N–H and O–H groups in total. The largest absolute Gasteiger partial charge is 0.454 e. The maximum atomic E-state index is 11.9. The van der Waals surface area contributed by atoms with Crippen LogP contribution in [-0.2, 0) is 9.59 Å². The van der Waals surface area contributed by atoms with Crippen molar-refractivity contribution in [3.05, 3.63) is 88.0 Å². The lowest BCUT2D eigenvalue weighted by molar-refractivity contribution is -0.124. The average Bonchev–Trinajstić information content (AvgIpc) is 3.12. The summed E-state index contributed by atoms with van der Waals surface area (Å²) in [4.78, 5) is 24.9. The summed E-state index contributed by atoms with van der Waals surface area (Å²) in [6.45, 7) is 4.82. The number of imide groups is 1. The molecule has 4 rings (SSSR count). The minimum Gasteiger partial charge on any atom is -0.454 e. The molecule has 0 bridgehead atoms. The lowest BCUT2D eigenvalue weighted by Gasteiger charge is -2.17. The number of nitrogens with zero attached hydrogens (tertiary/aromatic N) is 1. The van der Waals surface area contributed by atoms with Crippen molar-refractivity contribution in [2.24, 2.45) is 0 Å². The Morgan fingerprint density at radius 2 is 1.25 bits per heavy atom. The Kier molecular flexibility index (Phi) is 6.28. The molecular formula is C27H22INO3. The van der Waals surface area contributed by atoms with E-state index in [1.54, 1.807) is 12.1 Å². The van der Waals surface area contributed by atoms with Crippen molar-refractivity contribution in [3.63, 3.8) is 0 Å². The normalized spacial score (nSPS) is 10.8. The summed E-state index contributed by atoms with van der Waals surface area (Å²) >= 11 is 2.35. The third-order valence-corrected chi connectivity index (χ3v) is 6.27. The number of hydrogen-bond acceptors (Lipinski definition) is 3. The van der Waals surface area contributed by atoms with Gasteiger partial charge >= 0.3 is 0 Å². The van der Waals surface area contributed by atoms with Crippen molar-refractivity contribution in [2.45, 2.75) is 20.8 Å². The van der Waals surface area contributed by atoms with Crippen LogP contribution in [0.4, 0.5) is 5.69 Å². The number of anilines is 1. The molecule has 0 unspecified atom stereocenters. The van der Waals surface area contributed by atoms with E-state index < -0.39 is 0 Å². The van der Waals surface area contributed by atoms with Gasteiger partial charge in [0.1, 0.15) is 11.5 Å². The summed E-state index contributed by atoms with van der Waals surface area (Å²) in [6.07, 6.45) is 0. The number of halogens is 1. The van der Waals surface area contributed by atoms with Gasteiger partial charge in [0.15, 0.2) is 0 Å². The molecule has 0 fully saturated rings. The number of hydrogen-bond donors (Lipinski definition) is 0. The molecule has 0 radical (unpaired) electrons. The number of carbonyl (C=O) groups excluding carboxylic acids is 2. The van der Waals surface area contributed by atoms with Crippen LogP contribution in [0.2, 0.25) is 0 Å². The van der Waals surface area contributed by atoms with E-state index in [4.69, 9.17) is 4.42 Å². The Bertz CT molecular complexity index is 1260. The second-order valence-corrected chi connectivity index (χ2v) is 8.68. The Hall–Kier alpha value is -3.19. The summed E-state index contributed by atoms with van der Waals surface area (Å²) in [5.41, 5.74) is 5.69. The van der Waals surface area contributed by atoms with Gasteiger partial charge in [-0.3, -0.25) is 14.5 Å². The molecule has 5 heteroatoms. The molecule has 1 aromatic heterocycles. The van der Waals surface area contributed by atoms with Crippen LogP contribution in [0, 0.1) is 10.5 Å². The van der Waals surface area contributed by atoms with Crippen molar-refractivity contribution in [1.29, 1.82) is 0 Å². The van der Waals surface area contributed by atoms with Gasteiger partial charge in [-0.25, -0.2) is 0 Å². The van der Waals surface area contributed by atoms with Crippen molar-refractivity contribution in [1.82, 2.24) is 0 Å². The van der Waals surface area contributed by atoms with E-state index in [1.807, 2.05) is 30.3 Å². The molecule has 2 amide bonds. The van der Waals surface area contributed by atoms with Gasteiger partial charge in [-0.2, -0.15) is 0 Å². The zero-order valence-corrected chi connectivity index (χ0v) is 20.2. The fourth-order valence-electron chi connectivity index (χ4n) is 3.71. The van der Waals surface area contributed by atoms with Gasteiger partial charge < -0.3 is 4.42 Å². The van der Waals surface area contributed by atoms with Crippen LogP contribution in [0.3, 0.4) is 0 Å². The van der Waals surface area contributed by atoms with Crippen LogP contribution in [0.25, 0.3) is 33.8 Å². The number of benzene rings is 3. The predicted molar refractivity (Wildman–Crippen MR) is 136 cm³/mol. The lowest BCUT2D eigenvalue weighted by atomic mass is 10.0. The van der Waals surface area contributed by atoms with E-state index in [1.165, 1.54) is 19.4 Å². The molecule has 3 aromatic carbocycles. The predicted octanol–water partition coefficient (Wildman–Crippen LogP) is 7.09. The number of aryl methyl sites for hydroxylation is 1. The standard InChI is InChI=1S/C27H22INO3/c1-17-9-11-22(12-10-17)27-25(28)24(20-7-5-4-6-8-20)26(32-27)21-13-15-23(16-14-21)29(18(2)30)19(3)31/h4-16H,1-3H3. The second kappa shape index (κ2) is 9.12. The third kappa shape index (κ3) is 4.25. The van der Waals surface area contributed by atoms with Crippen molar-refractivity contribution < 1.29 is 14.0 Å². The van der Waals surface area contributed by atoms with Gasteiger partial charge in [-0.15, -0.1) is 0 Å². The molecule has 0 aliphatic rings. The molecule has 160 valence electrons. The summed E-state index contributed by atoms with van der Waals surface area (Å²) in [5.74, 6) is 0.936. The maximum absolute atomic E-state index is 11.9. The van der Waals surface area contributed by atoms with Crippen LogP contribution in [0.15, 0.2) is 83.3 Å². The summed E-state index contributed by atoms with van der Waals surface area (Å²) < 4.78 is 7.49. The van der Waals surface area contributed by atoms with E-state index in [0.717, 1.165) is 42.2 Å². The zero-order chi connectivity index (χ0) is 22.8. The lowest BCUT2D eigenvalue weighted by Crippen LogP contribution is -2.32. The SMILES string of the molecule is CC(=O)N(C(C)=O)c1ccc(-c2oc(-c3ccc(C)cc3)c(I)c2-c2ccccc2)cc1. The molecule has 0 saturated carbocycles. The van der Waals surface area contributed by atoms with Crippen molar-refractivity contribution >= 4 is 40.1 Å². The highest BCUT2D eigenvalue weighted by Gasteiger charge is 2.23. The van der Waals surface area contributed by atoms with Gasteiger partial charge in [-0.05, 0) is 59.3 Å².